The van der Waals surface area contributed by atoms with E-state index in [9.17, 15) is 0 Å². The molecule has 0 N–H and O–H groups in total. The monoisotopic (exact) mass is 711 g/mol. The second-order valence-corrected chi connectivity index (χ2v) is 19.2. The normalized spacial score (nSPS) is 27.2. The van der Waals surface area contributed by atoms with Crippen LogP contribution in [0.3, 0.4) is 0 Å². The summed E-state index contributed by atoms with van der Waals surface area (Å²) in [5.41, 5.74) is 22.1. The van der Waals surface area contributed by atoms with Crippen LogP contribution in [0.2, 0.25) is 0 Å². The van der Waals surface area contributed by atoms with Gasteiger partial charge in [-0.2, -0.15) is 0 Å². The molecule has 0 amide bonds. The van der Waals surface area contributed by atoms with Gasteiger partial charge in [0.05, 0.1) is 11.4 Å². The maximum absolute atomic E-state index is 2.78. The lowest BCUT2D eigenvalue weighted by atomic mass is 9.43. The zero-order valence-corrected chi connectivity index (χ0v) is 32.2. The van der Waals surface area contributed by atoms with E-state index >= 15 is 0 Å². The Morgan fingerprint density at radius 3 is 1.78 bits per heavy atom. The molecule has 1 nitrogen and oxygen atoms in total. The maximum atomic E-state index is 2.78. The molecule has 270 valence electrons. The molecule has 0 aliphatic heterocycles. The second-order valence-electron chi connectivity index (χ2n) is 19.2. The first-order chi connectivity index (χ1) is 27.0. The molecular weight excluding hydrogens is 663 g/mol. The van der Waals surface area contributed by atoms with Crippen molar-refractivity contribution in [1.29, 1.82) is 0 Å². The molecule has 0 saturated heterocycles. The first kappa shape index (κ1) is 31.3. The van der Waals surface area contributed by atoms with Crippen LogP contribution in [0.1, 0.15) is 105 Å². The standard InChI is InChI=1S/C54H49N/c1-52(2)43-17-6-3-13-38(43)40-24-23-37(32-47(40)52)55(48-21-12-20-46-50(48)42-15-5-7-18-44(42)53(46)25-9-10-26-53)49-22-11-16-41-39-14-4-8-19-45(39)54(51(41)49)35-28-33-27-34(30-35)31-36(54)29-33/h3-8,11-24,32-36H,9-10,25-31H2,1-2H3. The Hall–Kier alpha value is -4.88. The van der Waals surface area contributed by atoms with E-state index in [1.807, 2.05) is 0 Å². The molecule has 8 aliphatic rings. The summed E-state index contributed by atoms with van der Waals surface area (Å²) in [5, 5.41) is 0. The van der Waals surface area contributed by atoms with Crippen LogP contribution < -0.4 is 4.90 Å². The summed E-state index contributed by atoms with van der Waals surface area (Å²) in [5.74, 6) is 3.22. The Morgan fingerprint density at radius 2 is 1.04 bits per heavy atom. The second kappa shape index (κ2) is 10.7. The topological polar surface area (TPSA) is 3.24 Å². The predicted molar refractivity (Wildman–Crippen MR) is 227 cm³/mol. The van der Waals surface area contributed by atoms with Gasteiger partial charge in [0.25, 0.3) is 0 Å². The van der Waals surface area contributed by atoms with Crippen LogP contribution in [-0.4, -0.2) is 0 Å². The van der Waals surface area contributed by atoms with Crippen LogP contribution in [-0.2, 0) is 16.2 Å². The van der Waals surface area contributed by atoms with Crippen LogP contribution in [0.4, 0.5) is 17.1 Å². The molecule has 1 heteroatoms. The average molecular weight is 712 g/mol. The summed E-state index contributed by atoms with van der Waals surface area (Å²) in [4.78, 5) is 2.78. The molecule has 0 heterocycles. The molecule has 0 unspecified atom stereocenters. The lowest BCUT2D eigenvalue weighted by Gasteiger charge is -2.61. The first-order valence-electron chi connectivity index (χ1n) is 21.5. The minimum absolute atomic E-state index is 0.0585. The van der Waals surface area contributed by atoms with Crippen molar-refractivity contribution >= 4 is 17.1 Å². The Kier molecular flexibility index (Phi) is 6.09. The maximum Gasteiger partial charge on any atom is 0.0543 e. The van der Waals surface area contributed by atoms with Gasteiger partial charge in [-0.05, 0) is 154 Å². The van der Waals surface area contributed by atoms with E-state index in [0.717, 1.165) is 11.8 Å². The Labute approximate surface area is 326 Å². The van der Waals surface area contributed by atoms with Crippen molar-refractivity contribution in [1.82, 2.24) is 0 Å². The molecule has 55 heavy (non-hydrogen) atoms. The van der Waals surface area contributed by atoms with Crippen molar-refractivity contribution < 1.29 is 0 Å². The first-order valence-corrected chi connectivity index (χ1v) is 21.5. The molecule has 6 aromatic rings. The number of rotatable bonds is 3. The van der Waals surface area contributed by atoms with Gasteiger partial charge < -0.3 is 4.90 Å². The largest absolute Gasteiger partial charge is 0.310 e. The molecule has 8 aliphatic carbocycles. The van der Waals surface area contributed by atoms with E-state index < -0.39 is 0 Å². The van der Waals surface area contributed by atoms with E-state index in [2.05, 4.69) is 146 Å². The number of benzene rings is 6. The third-order valence-electron chi connectivity index (χ3n) is 16.6. The number of hydrogen-bond acceptors (Lipinski definition) is 1. The summed E-state index contributed by atoms with van der Waals surface area (Å²) in [6.45, 7) is 4.87. The highest BCUT2D eigenvalue weighted by Crippen LogP contribution is 2.71. The SMILES string of the molecule is CC1(C)c2ccccc2-c2ccc(N(c3cccc4c3-c3ccccc3C43CCCC3)c3cccc4c3C3(c5ccccc5-4)C4CC5CC(C4)CC3C5)cc21. The van der Waals surface area contributed by atoms with Crippen molar-refractivity contribution in [3.8, 4) is 33.4 Å². The lowest BCUT2D eigenvalue weighted by Crippen LogP contribution is -2.55. The smallest absolute Gasteiger partial charge is 0.0543 e. The molecule has 14 rings (SSSR count). The molecular formula is C54H49N. The number of anilines is 3. The highest BCUT2D eigenvalue weighted by Gasteiger charge is 2.62. The van der Waals surface area contributed by atoms with Crippen molar-refractivity contribution in [2.24, 2.45) is 23.7 Å². The van der Waals surface area contributed by atoms with Crippen molar-refractivity contribution in [2.45, 2.75) is 87.9 Å². The van der Waals surface area contributed by atoms with Gasteiger partial charge in [0.1, 0.15) is 0 Å². The van der Waals surface area contributed by atoms with Gasteiger partial charge in [-0.15, -0.1) is 0 Å². The van der Waals surface area contributed by atoms with Gasteiger partial charge in [0.15, 0.2) is 0 Å². The van der Waals surface area contributed by atoms with Gasteiger partial charge in [-0.1, -0.05) is 130 Å². The van der Waals surface area contributed by atoms with Crippen molar-refractivity contribution in [2.75, 3.05) is 4.90 Å². The zero-order chi connectivity index (χ0) is 36.3. The molecule has 5 fully saturated rings. The molecule has 5 saturated carbocycles. The number of nitrogens with zero attached hydrogens (tertiary/aromatic N) is 1. The Balaban J connectivity index is 1.12. The fourth-order valence-corrected chi connectivity index (χ4v) is 14.8. The van der Waals surface area contributed by atoms with Crippen LogP contribution >= 0.6 is 0 Å². The highest BCUT2D eigenvalue weighted by atomic mass is 15.2. The summed E-state index contributed by atoms with van der Waals surface area (Å²) in [7, 11) is 0. The predicted octanol–water partition coefficient (Wildman–Crippen LogP) is 14.0. The summed E-state index contributed by atoms with van der Waals surface area (Å²) >= 11 is 0. The van der Waals surface area contributed by atoms with Crippen LogP contribution in [0.15, 0.2) is 127 Å². The van der Waals surface area contributed by atoms with Gasteiger partial charge in [-0.25, -0.2) is 0 Å². The molecule has 6 aromatic carbocycles. The molecule has 0 aromatic heterocycles. The summed E-state index contributed by atoms with van der Waals surface area (Å²) in [6.07, 6.45) is 12.1. The molecule has 4 bridgehead atoms. The molecule has 0 atom stereocenters. The minimum atomic E-state index is -0.0791. The molecule has 2 spiro atoms. The molecule has 0 radical (unpaired) electrons. The van der Waals surface area contributed by atoms with Gasteiger partial charge in [0.2, 0.25) is 0 Å². The third-order valence-corrected chi connectivity index (χ3v) is 16.6. The average Bonchev–Trinajstić information content (AvgIpc) is 3.95. The van der Waals surface area contributed by atoms with E-state index in [1.54, 1.807) is 22.3 Å². The fourth-order valence-electron chi connectivity index (χ4n) is 14.8. The van der Waals surface area contributed by atoms with Crippen LogP contribution in [0, 0.1) is 23.7 Å². The van der Waals surface area contributed by atoms with Crippen molar-refractivity contribution in [3.63, 3.8) is 0 Å². The van der Waals surface area contributed by atoms with Gasteiger partial charge >= 0.3 is 0 Å². The Morgan fingerprint density at radius 1 is 0.473 bits per heavy atom. The number of hydrogen-bond donors (Lipinski definition) is 0. The zero-order valence-electron chi connectivity index (χ0n) is 32.2. The summed E-state index contributed by atoms with van der Waals surface area (Å²) in [6, 6.07) is 50.5. The van der Waals surface area contributed by atoms with Gasteiger partial charge in [0, 0.05) is 27.5 Å². The lowest BCUT2D eigenvalue weighted by molar-refractivity contribution is -0.0397. The van der Waals surface area contributed by atoms with Crippen LogP contribution in [0.25, 0.3) is 33.4 Å². The number of fused-ring (bicyclic) bond motifs is 11. The van der Waals surface area contributed by atoms with Gasteiger partial charge in [-0.3, -0.25) is 0 Å². The highest BCUT2D eigenvalue weighted by molar-refractivity contribution is 5.99. The van der Waals surface area contributed by atoms with Crippen molar-refractivity contribution in [3.05, 3.63) is 161 Å². The minimum Gasteiger partial charge on any atom is -0.310 e. The van der Waals surface area contributed by atoms with E-state index in [-0.39, 0.29) is 16.2 Å². The third kappa shape index (κ3) is 3.77. The fraction of sp³-hybridized carbons (Fsp3) is 0.333. The van der Waals surface area contributed by atoms with Crippen LogP contribution in [0.5, 0.6) is 0 Å². The van der Waals surface area contributed by atoms with E-state index in [1.165, 1.54) is 119 Å². The van der Waals surface area contributed by atoms with E-state index in [4.69, 9.17) is 0 Å². The summed E-state index contributed by atoms with van der Waals surface area (Å²) < 4.78 is 0. The Bertz CT molecular complexity index is 2590. The van der Waals surface area contributed by atoms with E-state index in [0.29, 0.717) is 11.8 Å². The quantitative estimate of drug-likeness (QED) is 0.177.